The number of primary amides is 1. The minimum Gasteiger partial charge on any atom is -0.494 e. The second-order valence-corrected chi connectivity index (χ2v) is 6.44. The van der Waals surface area contributed by atoms with Crippen molar-refractivity contribution in [2.75, 3.05) is 19.7 Å². The molecular formula is C22H30IN5O3. The van der Waals surface area contributed by atoms with Crippen molar-refractivity contribution in [3.63, 3.8) is 0 Å². The lowest BCUT2D eigenvalue weighted by atomic mass is 10.1. The Labute approximate surface area is 200 Å². The molecule has 0 saturated heterocycles. The van der Waals surface area contributed by atoms with Crippen molar-refractivity contribution < 1.29 is 14.3 Å². The van der Waals surface area contributed by atoms with Crippen molar-refractivity contribution in [1.82, 2.24) is 16.0 Å². The van der Waals surface area contributed by atoms with Crippen LogP contribution in [0, 0.1) is 0 Å². The standard InChI is InChI=1S/C22H29N5O3.HI/c1-3-24-22(27-14-18-7-5-6-8-19(18)30-4-2)26-13-16-9-11-17(12-10-16)21(29)25-15-20(23)28;/h5-12H,3-4,13-15H2,1-2H3,(H2,23,28)(H,25,29)(H2,24,26,27);1H. The smallest absolute Gasteiger partial charge is 0.251 e. The van der Waals surface area contributed by atoms with Crippen LogP contribution in [0.1, 0.15) is 35.3 Å². The molecule has 2 aromatic rings. The van der Waals surface area contributed by atoms with E-state index in [1.807, 2.05) is 50.2 Å². The zero-order valence-corrected chi connectivity index (χ0v) is 20.1. The number of halogens is 1. The first-order valence-electron chi connectivity index (χ1n) is 9.91. The van der Waals surface area contributed by atoms with Crippen LogP contribution in [0.15, 0.2) is 53.5 Å². The third-order valence-electron chi connectivity index (χ3n) is 4.12. The van der Waals surface area contributed by atoms with Gasteiger partial charge in [-0.3, -0.25) is 9.59 Å². The maximum Gasteiger partial charge on any atom is 0.251 e. The monoisotopic (exact) mass is 539 g/mol. The molecule has 31 heavy (non-hydrogen) atoms. The molecule has 0 radical (unpaired) electrons. The van der Waals surface area contributed by atoms with E-state index in [1.165, 1.54) is 0 Å². The Morgan fingerprint density at radius 3 is 2.35 bits per heavy atom. The average Bonchev–Trinajstić information content (AvgIpc) is 2.75. The van der Waals surface area contributed by atoms with E-state index in [0.29, 0.717) is 31.2 Å². The molecule has 0 aliphatic heterocycles. The Hall–Kier alpha value is -2.82. The number of carbonyl (C=O) groups excluding carboxylic acids is 2. The molecule has 0 aromatic heterocycles. The summed E-state index contributed by atoms with van der Waals surface area (Å²) in [5.41, 5.74) is 7.50. The Balaban J connectivity index is 0.00000480. The van der Waals surface area contributed by atoms with E-state index in [-0.39, 0.29) is 36.4 Å². The predicted octanol–water partition coefficient (Wildman–Crippen LogP) is 2.17. The first-order valence-corrected chi connectivity index (χ1v) is 9.91. The van der Waals surface area contributed by atoms with E-state index >= 15 is 0 Å². The number of benzene rings is 2. The van der Waals surface area contributed by atoms with Crippen molar-refractivity contribution in [2.24, 2.45) is 10.7 Å². The van der Waals surface area contributed by atoms with Crippen LogP contribution in [0.2, 0.25) is 0 Å². The van der Waals surface area contributed by atoms with Crippen LogP contribution in [0.3, 0.4) is 0 Å². The Bertz CT molecular complexity index is 872. The summed E-state index contributed by atoms with van der Waals surface area (Å²) in [6, 6.07) is 14.9. The predicted molar refractivity (Wildman–Crippen MR) is 133 cm³/mol. The number of hydrogen-bond acceptors (Lipinski definition) is 4. The molecule has 0 saturated carbocycles. The molecule has 9 heteroatoms. The zero-order chi connectivity index (χ0) is 21.8. The molecule has 0 aliphatic carbocycles. The number of para-hydroxylation sites is 1. The van der Waals surface area contributed by atoms with Gasteiger partial charge in [0.05, 0.1) is 19.7 Å². The van der Waals surface area contributed by atoms with Crippen molar-refractivity contribution >= 4 is 41.8 Å². The van der Waals surface area contributed by atoms with Crippen LogP contribution in [0.5, 0.6) is 5.75 Å². The molecule has 0 atom stereocenters. The maximum absolute atomic E-state index is 11.9. The third-order valence-corrected chi connectivity index (χ3v) is 4.12. The first-order chi connectivity index (χ1) is 14.5. The second kappa shape index (κ2) is 14.2. The van der Waals surface area contributed by atoms with Crippen molar-refractivity contribution in [1.29, 1.82) is 0 Å². The largest absolute Gasteiger partial charge is 0.494 e. The Kier molecular flexibility index (Phi) is 12.0. The van der Waals surface area contributed by atoms with Gasteiger partial charge in [-0.05, 0) is 37.6 Å². The second-order valence-electron chi connectivity index (χ2n) is 6.44. The van der Waals surface area contributed by atoms with Gasteiger partial charge >= 0.3 is 0 Å². The van der Waals surface area contributed by atoms with E-state index in [9.17, 15) is 9.59 Å². The molecule has 0 aliphatic rings. The van der Waals surface area contributed by atoms with Crippen LogP contribution in [0.4, 0.5) is 0 Å². The number of rotatable bonds is 10. The molecule has 5 N–H and O–H groups in total. The van der Waals surface area contributed by atoms with Crippen LogP contribution in [-0.2, 0) is 17.9 Å². The quantitative estimate of drug-likeness (QED) is 0.210. The summed E-state index contributed by atoms with van der Waals surface area (Å²) in [6.07, 6.45) is 0. The topological polar surface area (TPSA) is 118 Å². The Morgan fingerprint density at radius 1 is 1.00 bits per heavy atom. The summed E-state index contributed by atoms with van der Waals surface area (Å²) in [6.45, 7) is 6.16. The fraction of sp³-hybridized carbons (Fsp3) is 0.318. The van der Waals surface area contributed by atoms with Crippen molar-refractivity contribution in [3.05, 3.63) is 65.2 Å². The molecule has 0 unspecified atom stereocenters. The van der Waals surface area contributed by atoms with Gasteiger partial charge in [-0.15, -0.1) is 24.0 Å². The molecule has 0 spiro atoms. The normalized spacial score (nSPS) is 10.6. The lowest BCUT2D eigenvalue weighted by Crippen LogP contribution is -2.36. The molecule has 0 bridgehead atoms. The van der Waals surface area contributed by atoms with Gasteiger partial charge in [-0.1, -0.05) is 30.3 Å². The number of nitrogens with zero attached hydrogens (tertiary/aromatic N) is 1. The number of ether oxygens (including phenoxy) is 1. The van der Waals surface area contributed by atoms with E-state index in [2.05, 4.69) is 20.9 Å². The summed E-state index contributed by atoms with van der Waals surface area (Å²) in [4.78, 5) is 27.3. The molecule has 168 valence electrons. The summed E-state index contributed by atoms with van der Waals surface area (Å²) >= 11 is 0. The molecule has 0 fully saturated rings. The van der Waals surface area contributed by atoms with Gasteiger partial charge in [0.25, 0.3) is 5.91 Å². The molecule has 2 rings (SSSR count). The van der Waals surface area contributed by atoms with E-state index in [1.54, 1.807) is 12.1 Å². The first kappa shape index (κ1) is 26.2. The summed E-state index contributed by atoms with van der Waals surface area (Å²) in [5.74, 6) is 0.620. The summed E-state index contributed by atoms with van der Waals surface area (Å²) < 4.78 is 5.66. The number of nitrogens with one attached hydrogen (secondary N) is 3. The van der Waals surface area contributed by atoms with Crippen molar-refractivity contribution in [2.45, 2.75) is 26.9 Å². The van der Waals surface area contributed by atoms with Gasteiger partial charge < -0.3 is 26.4 Å². The fourth-order valence-electron chi connectivity index (χ4n) is 2.67. The number of guanidine groups is 1. The van der Waals surface area contributed by atoms with Gasteiger partial charge in [-0.2, -0.15) is 0 Å². The van der Waals surface area contributed by atoms with E-state index in [4.69, 9.17) is 10.5 Å². The number of amides is 2. The molecular weight excluding hydrogens is 509 g/mol. The number of carbonyl (C=O) groups is 2. The number of hydrogen-bond donors (Lipinski definition) is 4. The SMILES string of the molecule is CCNC(=NCc1ccc(C(=O)NCC(N)=O)cc1)NCc1ccccc1OCC.I. The fourth-order valence-corrected chi connectivity index (χ4v) is 2.67. The lowest BCUT2D eigenvalue weighted by Gasteiger charge is -2.14. The maximum atomic E-state index is 11.9. The molecule has 8 nitrogen and oxygen atoms in total. The molecule has 2 aromatic carbocycles. The minimum atomic E-state index is -0.582. The van der Waals surface area contributed by atoms with Gasteiger partial charge in [0.1, 0.15) is 5.75 Å². The van der Waals surface area contributed by atoms with Gasteiger partial charge in [0.15, 0.2) is 5.96 Å². The highest BCUT2D eigenvalue weighted by Gasteiger charge is 2.07. The van der Waals surface area contributed by atoms with Crippen LogP contribution >= 0.6 is 24.0 Å². The average molecular weight is 539 g/mol. The lowest BCUT2D eigenvalue weighted by molar-refractivity contribution is -0.117. The van der Waals surface area contributed by atoms with Crippen molar-refractivity contribution in [3.8, 4) is 5.75 Å². The third kappa shape index (κ3) is 9.24. The number of nitrogens with two attached hydrogens (primary N) is 1. The number of aliphatic imine (C=N–C) groups is 1. The van der Waals surface area contributed by atoms with Gasteiger partial charge in [0.2, 0.25) is 5.91 Å². The minimum absolute atomic E-state index is 0. The van der Waals surface area contributed by atoms with Gasteiger partial charge in [0, 0.05) is 24.2 Å². The van der Waals surface area contributed by atoms with Crippen LogP contribution < -0.4 is 26.4 Å². The van der Waals surface area contributed by atoms with E-state index in [0.717, 1.165) is 23.4 Å². The van der Waals surface area contributed by atoms with Crippen LogP contribution in [0.25, 0.3) is 0 Å². The highest BCUT2D eigenvalue weighted by molar-refractivity contribution is 14.0. The summed E-state index contributed by atoms with van der Waals surface area (Å²) in [7, 11) is 0. The molecule has 0 heterocycles. The highest BCUT2D eigenvalue weighted by atomic mass is 127. The van der Waals surface area contributed by atoms with Crippen LogP contribution in [-0.4, -0.2) is 37.5 Å². The Morgan fingerprint density at radius 2 is 1.71 bits per heavy atom. The van der Waals surface area contributed by atoms with E-state index < -0.39 is 5.91 Å². The zero-order valence-electron chi connectivity index (χ0n) is 17.8. The molecule has 2 amide bonds. The van der Waals surface area contributed by atoms with Gasteiger partial charge in [-0.25, -0.2) is 4.99 Å². The highest BCUT2D eigenvalue weighted by Crippen LogP contribution is 2.17. The summed E-state index contributed by atoms with van der Waals surface area (Å²) in [5, 5.41) is 8.99.